The third-order valence-electron chi connectivity index (χ3n) is 4.18. The molecule has 1 amide bonds. The van der Waals surface area contributed by atoms with E-state index >= 15 is 0 Å². The van der Waals surface area contributed by atoms with E-state index in [1.807, 2.05) is 6.07 Å². The highest BCUT2D eigenvalue weighted by Gasteiger charge is 2.20. The maximum atomic E-state index is 11.2. The Morgan fingerprint density at radius 2 is 2.11 bits per heavy atom. The van der Waals surface area contributed by atoms with Gasteiger partial charge in [-0.1, -0.05) is 26.2 Å². The van der Waals surface area contributed by atoms with Crippen LogP contribution in [0.5, 0.6) is 0 Å². The largest absolute Gasteiger partial charge is 0.398 e. The van der Waals surface area contributed by atoms with Crippen LogP contribution < -0.4 is 16.8 Å². The predicted octanol–water partition coefficient (Wildman–Crippen LogP) is 2.61. The van der Waals surface area contributed by atoms with Crippen LogP contribution in [0.3, 0.4) is 0 Å². The number of hydrogen-bond donors (Lipinski definition) is 3. The molecule has 0 radical (unpaired) electrons. The zero-order chi connectivity index (χ0) is 13.8. The molecule has 2 unspecified atom stereocenters. The van der Waals surface area contributed by atoms with Crippen molar-refractivity contribution in [2.75, 3.05) is 17.6 Å². The van der Waals surface area contributed by atoms with Crippen molar-refractivity contribution >= 4 is 17.3 Å². The number of rotatable bonds is 4. The van der Waals surface area contributed by atoms with E-state index in [4.69, 9.17) is 11.5 Å². The lowest BCUT2D eigenvalue weighted by Gasteiger charge is -2.29. The van der Waals surface area contributed by atoms with E-state index in [0.29, 0.717) is 17.2 Å². The molecule has 0 saturated heterocycles. The highest BCUT2D eigenvalue weighted by molar-refractivity contribution is 5.98. The van der Waals surface area contributed by atoms with Gasteiger partial charge in [0.05, 0.1) is 5.56 Å². The summed E-state index contributed by atoms with van der Waals surface area (Å²) in [5, 5.41) is 3.40. The standard InChI is InChI=1S/C15H23N3O/c1-10-4-2-3-5-11(10)9-18-12-6-7-14(16)13(8-12)15(17)19/h6-8,10-11,18H,2-5,9,16H2,1H3,(H2,17,19). The van der Waals surface area contributed by atoms with Gasteiger partial charge < -0.3 is 16.8 Å². The first kappa shape index (κ1) is 13.7. The van der Waals surface area contributed by atoms with Gasteiger partial charge in [0.1, 0.15) is 0 Å². The SMILES string of the molecule is CC1CCCCC1CNc1ccc(N)c(C(N)=O)c1. The fourth-order valence-corrected chi connectivity index (χ4v) is 2.82. The Labute approximate surface area is 114 Å². The molecule has 0 spiro atoms. The lowest BCUT2D eigenvalue weighted by atomic mass is 9.80. The summed E-state index contributed by atoms with van der Waals surface area (Å²) in [5.74, 6) is 1.00. The minimum Gasteiger partial charge on any atom is -0.398 e. The Morgan fingerprint density at radius 3 is 2.79 bits per heavy atom. The van der Waals surface area contributed by atoms with E-state index in [1.165, 1.54) is 25.7 Å². The average Bonchev–Trinajstić information content (AvgIpc) is 2.39. The molecule has 0 aliphatic heterocycles. The fourth-order valence-electron chi connectivity index (χ4n) is 2.82. The van der Waals surface area contributed by atoms with Crippen LogP contribution in [0.15, 0.2) is 18.2 Å². The Hall–Kier alpha value is -1.71. The third kappa shape index (κ3) is 3.40. The Morgan fingerprint density at radius 1 is 1.37 bits per heavy atom. The summed E-state index contributed by atoms with van der Waals surface area (Å²) in [5.41, 5.74) is 12.8. The minimum atomic E-state index is -0.479. The highest BCUT2D eigenvalue weighted by atomic mass is 16.1. The molecule has 0 heterocycles. The van der Waals surface area contributed by atoms with Crippen LogP contribution in [0.2, 0.25) is 0 Å². The van der Waals surface area contributed by atoms with Crippen LogP contribution in [0, 0.1) is 11.8 Å². The number of anilines is 2. The molecule has 104 valence electrons. The monoisotopic (exact) mass is 261 g/mol. The third-order valence-corrected chi connectivity index (χ3v) is 4.18. The lowest BCUT2D eigenvalue weighted by molar-refractivity contribution is 0.100. The Bertz CT molecular complexity index is 459. The number of nitrogens with two attached hydrogens (primary N) is 2. The number of carbonyl (C=O) groups excluding carboxylic acids is 1. The molecule has 5 N–H and O–H groups in total. The molecular weight excluding hydrogens is 238 g/mol. The van der Waals surface area contributed by atoms with Gasteiger partial charge in [-0.25, -0.2) is 0 Å². The van der Waals surface area contributed by atoms with Gasteiger partial charge in [0, 0.05) is 17.9 Å². The summed E-state index contributed by atoms with van der Waals surface area (Å²) in [4.78, 5) is 11.2. The van der Waals surface area contributed by atoms with Crippen molar-refractivity contribution in [1.29, 1.82) is 0 Å². The van der Waals surface area contributed by atoms with E-state index < -0.39 is 5.91 Å². The van der Waals surface area contributed by atoms with Crippen molar-refractivity contribution in [3.05, 3.63) is 23.8 Å². The van der Waals surface area contributed by atoms with Crippen molar-refractivity contribution < 1.29 is 4.79 Å². The van der Waals surface area contributed by atoms with Gasteiger partial charge in [-0.3, -0.25) is 4.79 Å². The molecule has 0 aromatic heterocycles. The lowest BCUT2D eigenvalue weighted by Crippen LogP contribution is -2.24. The maximum Gasteiger partial charge on any atom is 0.250 e. The second kappa shape index (κ2) is 5.95. The first-order chi connectivity index (χ1) is 9.08. The molecule has 1 aromatic carbocycles. The topological polar surface area (TPSA) is 81.1 Å². The van der Waals surface area contributed by atoms with Gasteiger partial charge in [0.2, 0.25) is 0 Å². The Balaban J connectivity index is 1.99. The van der Waals surface area contributed by atoms with Crippen molar-refractivity contribution in [2.24, 2.45) is 17.6 Å². The summed E-state index contributed by atoms with van der Waals surface area (Å²) in [7, 11) is 0. The van der Waals surface area contributed by atoms with Gasteiger partial charge in [-0.15, -0.1) is 0 Å². The van der Waals surface area contributed by atoms with Crippen LogP contribution in [0.1, 0.15) is 43.0 Å². The smallest absolute Gasteiger partial charge is 0.250 e. The van der Waals surface area contributed by atoms with Crippen molar-refractivity contribution in [2.45, 2.75) is 32.6 Å². The molecular formula is C15H23N3O. The number of nitrogen functional groups attached to an aromatic ring is 1. The van der Waals surface area contributed by atoms with E-state index in [2.05, 4.69) is 12.2 Å². The number of primary amides is 1. The van der Waals surface area contributed by atoms with E-state index in [9.17, 15) is 4.79 Å². The quantitative estimate of drug-likeness (QED) is 0.729. The van der Waals surface area contributed by atoms with Crippen molar-refractivity contribution in [3.63, 3.8) is 0 Å². The molecule has 19 heavy (non-hydrogen) atoms. The van der Waals surface area contributed by atoms with Gasteiger partial charge >= 0.3 is 0 Å². The van der Waals surface area contributed by atoms with E-state index in [-0.39, 0.29) is 0 Å². The van der Waals surface area contributed by atoms with E-state index in [1.54, 1.807) is 12.1 Å². The first-order valence-electron chi connectivity index (χ1n) is 7.01. The van der Waals surface area contributed by atoms with Crippen LogP contribution >= 0.6 is 0 Å². The molecule has 4 heteroatoms. The normalized spacial score (nSPS) is 23.0. The number of benzene rings is 1. The summed E-state index contributed by atoms with van der Waals surface area (Å²) >= 11 is 0. The van der Waals surface area contributed by atoms with E-state index in [0.717, 1.165) is 18.2 Å². The number of nitrogens with one attached hydrogen (secondary N) is 1. The van der Waals surface area contributed by atoms with Crippen LogP contribution in [-0.4, -0.2) is 12.5 Å². The fraction of sp³-hybridized carbons (Fsp3) is 0.533. The highest BCUT2D eigenvalue weighted by Crippen LogP contribution is 2.30. The Kier molecular flexibility index (Phi) is 4.30. The molecule has 1 aliphatic carbocycles. The van der Waals surface area contributed by atoms with Gasteiger partial charge in [0.15, 0.2) is 0 Å². The van der Waals surface area contributed by atoms with Crippen LogP contribution in [0.25, 0.3) is 0 Å². The number of amides is 1. The van der Waals surface area contributed by atoms with Crippen molar-refractivity contribution in [3.8, 4) is 0 Å². The molecule has 0 bridgehead atoms. The van der Waals surface area contributed by atoms with Crippen LogP contribution in [-0.2, 0) is 0 Å². The second-order valence-corrected chi connectivity index (χ2v) is 5.57. The number of carbonyl (C=O) groups is 1. The zero-order valence-corrected chi connectivity index (χ0v) is 11.5. The summed E-state index contributed by atoms with van der Waals surface area (Å²) in [6.45, 7) is 3.27. The van der Waals surface area contributed by atoms with Gasteiger partial charge in [-0.2, -0.15) is 0 Å². The molecule has 1 aliphatic rings. The molecule has 1 aromatic rings. The minimum absolute atomic E-state index is 0.390. The molecule has 2 atom stereocenters. The summed E-state index contributed by atoms with van der Waals surface area (Å²) < 4.78 is 0. The molecule has 4 nitrogen and oxygen atoms in total. The van der Waals surface area contributed by atoms with Crippen molar-refractivity contribution in [1.82, 2.24) is 0 Å². The predicted molar refractivity (Wildman–Crippen MR) is 79.0 cm³/mol. The zero-order valence-electron chi connectivity index (χ0n) is 11.5. The average molecular weight is 261 g/mol. The second-order valence-electron chi connectivity index (χ2n) is 5.57. The maximum absolute atomic E-state index is 11.2. The van der Waals surface area contributed by atoms with Gasteiger partial charge in [-0.05, 0) is 36.5 Å². The first-order valence-corrected chi connectivity index (χ1v) is 7.01. The van der Waals surface area contributed by atoms with Gasteiger partial charge in [0.25, 0.3) is 5.91 Å². The summed E-state index contributed by atoms with van der Waals surface area (Å²) in [6.07, 6.45) is 5.28. The number of hydrogen-bond acceptors (Lipinski definition) is 3. The van der Waals surface area contributed by atoms with Crippen LogP contribution in [0.4, 0.5) is 11.4 Å². The summed E-state index contributed by atoms with van der Waals surface area (Å²) in [6, 6.07) is 5.37. The molecule has 2 rings (SSSR count). The molecule has 1 fully saturated rings. The molecule has 1 saturated carbocycles.